The lowest BCUT2D eigenvalue weighted by Crippen LogP contribution is -2.42. The highest BCUT2D eigenvalue weighted by molar-refractivity contribution is 9.10. The quantitative estimate of drug-likeness (QED) is 0.837. The minimum atomic E-state index is -1.33. The van der Waals surface area contributed by atoms with Gasteiger partial charge in [-0.3, -0.25) is 4.79 Å². The molecule has 1 unspecified atom stereocenters. The number of hydrogen-bond donors (Lipinski definition) is 2. The fourth-order valence-electron chi connectivity index (χ4n) is 3.23. The van der Waals surface area contributed by atoms with Crippen LogP contribution in [0, 0.1) is 5.92 Å². The average Bonchev–Trinajstić information content (AvgIpc) is 2.66. The minimum absolute atomic E-state index is 0.0433. The van der Waals surface area contributed by atoms with Crippen molar-refractivity contribution in [3.8, 4) is 0 Å². The van der Waals surface area contributed by atoms with Crippen molar-refractivity contribution in [2.75, 3.05) is 5.32 Å². The summed E-state index contributed by atoms with van der Waals surface area (Å²) in [7, 11) is 0. The van der Waals surface area contributed by atoms with Crippen LogP contribution in [0.5, 0.6) is 0 Å². The first kappa shape index (κ1) is 12.2. The van der Waals surface area contributed by atoms with Crippen molar-refractivity contribution in [1.82, 2.24) is 0 Å². The fourth-order valence-corrected chi connectivity index (χ4v) is 3.69. The van der Waals surface area contributed by atoms with E-state index in [0.717, 1.165) is 41.4 Å². The highest BCUT2D eigenvalue weighted by atomic mass is 79.9. The Labute approximate surface area is 115 Å². The molecule has 1 atom stereocenters. The van der Waals surface area contributed by atoms with Crippen molar-refractivity contribution in [2.24, 2.45) is 5.92 Å². The van der Waals surface area contributed by atoms with Crippen LogP contribution in [0.3, 0.4) is 0 Å². The van der Waals surface area contributed by atoms with Crippen LogP contribution in [0.4, 0.5) is 5.69 Å². The van der Waals surface area contributed by atoms with Crippen molar-refractivity contribution in [3.63, 3.8) is 0 Å². The molecule has 18 heavy (non-hydrogen) atoms. The van der Waals surface area contributed by atoms with E-state index < -0.39 is 5.60 Å². The Morgan fingerprint density at radius 3 is 2.72 bits per heavy atom. The van der Waals surface area contributed by atoms with E-state index >= 15 is 0 Å². The number of hydrogen-bond acceptors (Lipinski definition) is 2. The standard InChI is InChI=1S/C14H16BrNO2/c15-11-8-4-7-10-12(11)16-13(17)14(10,18)9-5-2-1-3-6-9/h4,7-9,18H,1-3,5-6H2,(H,16,17). The number of carbonyl (C=O) groups is 1. The molecule has 4 heteroatoms. The van der Waals surface area contributed by atoms with E-state index in [0.29, 0.717) is 0 Å². The SMILES string of the molecule is O=C1Nc2c(Br)cccc2C1(O)C1CCCCC1. The van der Waals surface area contributed by atoms with Gasteiger partial charge in [-0.1, -0.05) is 31.4 Å². The molecule has 2 N–H and O–H groups in total. The van der Waals surface area contributed by atoms with Gasteiger partial charge in [-0.05, 0) is 34.8 Å². The Hall–Kier alpha value is -0.870. The van der Waals surface area contributed by atoms with E-state index in [1.54, 1.807) is 0 Å². The lowest BCUT2D eigenvalue weighted by Gasteiger charge is -2.33. The van der Waals surface area contributed by atoms with Crippen LogP contribution < -0.4 is 5.32 Å². The zero-order valence-electron chi connectivity index (χ0n) is 10.1. The average molecular weight is 310 g/mol. The number of rotatable bonds is 1. The summed E-state index contributed by atoms with van der Waals surface area (Å²) < 4.78 is 0.833. The highest BCUT2D eigenvalue weighted by Gasteiger charge is 2.51. The van der Waals surface area contributed by atoms with Gasteiger partial charge >= 0.3 is 0 Å². The molecule has 1 aromatic rings. The van der Waals surface area contributed by atoms with E-state index in [9.17, 15) is 9.90 Å². The third kappa shape index (κ3) is 1.62. The summed E-state index contributed by atoms with van der Waals surface area (Å²) in [6, 6.07) is 5.61. The molecule has 0 spiro atoms. The summed E-state index contributed by atoms with van der Waals surface area (Å²) in [5.41, 5.74) is 0.129. The summed E-state index contributed by atoms with van der Waals surface area (Å²) in [4.78, 5) is 12.2. The Balaban J connectivity index is 2.07. The van der Waals surface area contributed by atoms with Gasteiger partial charge in [-0.2, -0.15) is 0 Å². The molecule has 1 fully saturated rings. The molecule has 1 saturated carbocycles. The number of para-hydroxylation sites is 1. The molecule has 3 rings (SSSR count). The van der Waals surface area contributed by atoms with E-state index in [1.807, 2.05) is 18.2 Å². The maximum absolute atomic E-state index is 12.2. The maximum atomic E-state index is 12.2. The zero-order chi connectivity index (χ0) is 12.8. The van der Waals surface area contributed by atoms with Gasteiger partial charge in [0.1, 0.15) is 0 Å². The second kappa shape index (κ2) is 4.35. The maximum Gasteiger partial charge on any atom is 0.261 e. The third-order valence-electron chi connectivity index (χ3n) is 4.20. The summed E-state index contributed by atoms with van der Waals surface area (Å²) in [5, 5.41) is 13.7. The second-order valence-corrected chi connectivity index (χ2v) is 6.07. The first-order valence-corrected chi connectivity index (χ1v) is 7.26. The largest absolute Gasteiger partial charge is 0.375 e. The van der Waals surface area contributed by atoms with Gasteiger partial charge in [0.2, 0.25) is 0 Å². The van der Waals surface area contributed by atoms with Crippen LogP contribution in [0.25, 0.3) is 0 Å². The zero-order valence-corrected chi connectivity index (χ0v) is 11.7. The minimum Gasteiger partial charge on any atom is -0.375 e. The second-order valence-electron chi connectivity index (χ2n) is 5.22. The van der Waals surface area contributed by atoms with Crippen molar-refractivity contribution in [3.05, 3.63) is 28.2 Å². The molecule has 1 aliphatic heterocycles. The summed E-state index contributed by atoms with van der Waals surface area (Å²) in [6.45, 7) is 0. The van der Waals surface area contributed by atoms with Crippen molar-refractivity contribution >= 4 is 27.5 Å². The Bertz CT molecular complexity index is 497. The summed E-state index contributed by atoms with van der Waals surface area (Å²) >= 11 is 3.42. The van der Waals surface area contributed by atoms with Crippen LogP contribution in [0.15, 0.2) is 22.7 Å². The Kier molecular flexibility index (Phi) is 2.94. The lowest BCUT2D eigenvalue weighted by atomic mass is 9.74. The van der Waals surface area contributed by atoms with Gasteiger partial charge < -0.3 is 10.4 Å². The molecule has 1 amide bonds. The normalized spacial score (nSPS) is 28.0. The van der Waals surface area contributed by atoms with Crippen LogP contribution in [-0.4, -0.2) is 11.0 Å². The topological polar surface area (TPSA) is 49.3 Å². The van der Waals surface area contributed by atoms with Crippen LogP contribution >= 0.6 is 15.9 Å². The third-order valence-corrected chi connectivity index (χ3v) is 4.87. The van der Waals surface area contributed by atoms with Gasteiger partial charge in [0.25, 0.3) is 5.91 Å². The monoisotopic (exact) mass is 309 g/mol. The summed E-state index contributed by atoms with van der Waals surface area (Å²) in [5.74, 6) is -0.224. The highest BCUT2D eigenvalue weighted by Crippen LogP contribution is 2.48. The lowest BCUT2D eigenvalue weighted by molar-refractivity contribution is -0.141. The van der Waals surface area contributed by atoms with Gasteiger partial charge in [-0.15, -0.1) is 0 Å². The molecule has 0 saturated heterocycles. The van der Waals surface area contributed by atoms with E-state index in [2.05, 4.69) is 21.2 Å². The predicted octanol–water partition coefficient (Wildman–Crippen LogP) is 3.17. The molecule has 3 nitrogen and oxygen atoms in total. The Morgan fingerprint density at radius 1 is 1.28 bits per heavy atom. The van der Waals surface area contributed by atoms with Crippen LogP contribution in [-0.2, 0) is 10.4 Å². The first-order valence-electron chi connectivity index (χ1n) is 6.47. The van der Waals surface area contributed by atoms with E-state index in [-0.39, 0.29) is 11.8 Å². The molecule has 0 aromatic heterocycles. The number of halogens is 1. The van der Waals surface area contributed by atoms with Crippen LogP contribution in [0.1, 0.15) is 37.7 Å². The fraction of sp³-hybridized carbons (Fsp3) is 0.500. The number of benzene rings is 1. The molecule has 0 radical (unpaired) electrons. The van der Waals surface area contributed by atoms with E-state index in [4.69, 9.17) is 0 Å². The van der Waals surface area contributed by atoms with Crippen molar-refractivity contribution < 1.29 is 9.90 Å². The molecular formula is C14H16BrNO2. The molecule has 1 heterocycles. The smallest absolute Gasteiger partial charge is 0.261 e. The van der Waals surface area contributed by atoms with Crippen molar-refractivity contribution in [2.45, 2.75) is 37.7 Å². The van der Waals surface area contributed by atoms with E-state index in [1.165, 1.54) is 6.42 Å². The number of aliphatic hydroxyl groups is 1. The Morgan fingerprint density at radius 2 is 2.00 bits per heavy atom. The first-order chi connectivity index (χ1) is 8.64. The van der Waals surface area contributed by atoms with Gasteiger partial charge in [0.05, 0.1) is 5.69 Å². The number of carbonyl (C=O) groups excluding carboxylic acids is 1. The van der Waals surface area contributed by atoms with Crippen LogP contribution in [0.2, 0.25) is 0 Å². The molecular weight excluding hydrogens is 294 g/mol. The number of amides is 1. The molecule has 1 aliphatic carbocycles. The van der Waals surface area contributed by atoms with Gasteiger partial charge in [0, 0.05) is 16.0 Å². The molecule has 2 aliphatic rings. The number of nitrogens with one attached hydrogen (secondary N) is 1. The molecule has 0 bridgehead atoms. The van der Waals surface area contributed by atoms with Crippen molar-refractivity contribution in [1.29, 1.82) is 0 Å². The number of anilines is 1. The predicted molar refractivity (Wildman–Crippen MR) is 73.2 cm³/mol. The van der Waals surface area contributed by atoms with Gasteiger partial charge in [-0.25, -0.2) is 0 Å². The molecule has 96 valence electrons. The molecule has 1 aromatic carbocycles. The number of fused-ring (bicyclic) bond motifs is 1. The summed E-state index contributed by atoms with van der Waals surface area (Å²) in [6.07, 6.45) is 5.26. The van der Waals surface area contributed by atoms with Gasteiger partial charge in [0.15, 0.2) is 5.60 Å².